The first-order chi connectivity index (χ1) is 6.10. The molecule has 0 rings (SSSR count). The smallest absolute Gasteiger partial charge is 0.205 e. The van der Waals surface area contributed by atoms with Crippen LogP contribution in [0.1, 0.15) is 33.6 Å². The summed E-state index contributed by atoms with van der Waals surface area (Å²) in [6, 6.07) is 0.414. The lowest BCUT2D eigenvalue weighted by molar-refractivity contribution is 0.489. The first-order valence-electron chi connectivity index (χ1n) is 4.80. The highest BCUT2D eigenvalue weighted by atomic mass is 15.3. The van der Waals surface area contributed by atoms with Gasteiger partial charge in [-0.2, -0.15) is 0 Å². The van der Waals surface area contributed by atoms with Crippen LogP contribution in [0.5, 0.6) is 0 Å². The number of hydrogen-bond donors (Lipinski definition) is 3. The second-order valence-corrected chi connectivity index (χ2v) is 3.73. The van der Waals surface area contributed by atoms with Gasteiger partial charge in [-0.05, 0) is 25.7 Å². The van der Waals surface area contributed by atoms with Gasteiger partial charge in [0, 0.05) is 13.1 Å². The molecule has 4 nitrogen and oxygen atoms in total. The summed E-state index contributed by atoms with van der Waals surface area (Å²) in [6.07, 6.45) is 2.36. The standard InChI is InChI=1S/C9H22N4/c1-7(2)5-6-8(3)12-9(11-4)13-10/h7-8H,5-6,10H2,1-4H3,(H2,11,12,13). The van der Waals surface area contributed by atoms with E-state index in [1.807, 2.05) is 0 Å². The topological polar surface area (TPSA) is 62.4 Å². The van der Waals surface area contributed by atoms with E-state index in [-0.39, 0.29) is 0 Å². The summed E-state index contributed by atoms with van der Waals surface area (Å²) in [6.45, 7) is 6.58. The van der Waals surface area contributed by atoms with E-state index in [9.17, 15) is 0 Å². The summed E-state index contributed by atoms with van der Waals surface area (Å²) < 4.78 is 0. The number of guanidine groups is 1. The zero-order valence-corrected chi connectivity index (χ0v) is 9.09. The summed E-state index contributed by atoms with van der Waals surface area (Å²) in [5.41, 5.74) is 2.51. The summed E-state index contributed by atoms with van der Waals surface area (Å²) in [5.74, 6) is 6.64. The number of aliphatic imine (C=N–C) groups is 1. The van der Waals surface area contributed by atoms with Crippen molar-refractivity contribution in [2.24, 2.45) is 16.8 Å². The largest absolute Gasteiger partial charge is 0.353 e. The molecule has 0 saturated carbocycles. The maximum absolute atomic E-state index is 5.24. The van der Waals surface area contributed by atoms with Crippen molar-refractivity contribution in [1.29, 1.82) is 0 Å². The van der Waals surface area contributed by atoms with Crippen molar-refractivity contribution < 1.29 is 0 Å². The minimum Gasteiger partial charge on any atom is -0.353 e. The third-order valence-corrected chi connectivity index (χ3v) is 1.92. The van der Waals surface area contributed by atoms with Crippen LogP contribution in [0.25, 0.3) is 0 Å². The van der Waals surface area contributed by atoms with Gasteiger partial charge in [-0.15, -0.1) is 0 Å². The molecule has 0 spiro atoms. The van der Waals surface area contributed by atoms with E-state index < -0.39 is 0 Å². The number of hydrazine groups is 1. The van der Waals surface area contributed by atoms with E-state index in [1.54, 1.807) is 7.05 Å². The average Bonchev–Trinajstić information content (AvgIpc) is 2.10. The molecule has 0 aliphatic heterocycles. The minimum atomic E-state index is 0.414. The monoisotopic (exact) mass is 186 g/mol. The summed E-state index contributed by atoms with van der Waals surface area (Å²) in [4.78, 5) is 3.94. The van der Waals surface area contributed by atoms with Gasteiger partial charge < -0.3 is 5.32 Å². The van der Waals surface area contributed by atoms with Gasteiger partial charge in [0.05, 0.1) is 0 Å². The van der Waals surface area contributed by atoms with E-state index in [0.29, 0.717) is 12.0 Å². The highest BCUT2D eigenvalue weighted by Crippen LogP contribution is 2.05. The Morgan fingerprint density at radius 1 is 1.31 bits per heavy atom. The zero-order chi connectivity index (χ0) is 10.3. The Hall–Kier alpha value is -0.770. The molecular weight excluding hydrogens is 164 g/mol. The van der Waals surface area contributed by atoms with Crippen LogP contribution < -0.4 is 16.6 Å². The van der Waals surface area contributed by atoms with Crippen LogP contribution in [0.15, 0.2) is 4.99 Å². The van der Waals surface area contributed by atoms with Gasteiger partial charge in [-0.1, -0.05) is 13.8 Å². The van der Waals surface area contributed by atoms with Crippen LogP contribution in [0, 0.1) is 5.92 Å². The predicted molar refractivity (Wildman–Crippen MR) is 57.4 cm³/mol. The van der Waals surface area contributed by atoms with Gasteiger partial charge in [-0.25, -0.2) is 5.84 Å². The van der Waals surface area contributed by atoms with Crippen molar-refractivity contribution in [2.75, 3.05) is 7.05 Å². The highest BCUT2D eigenvalue weighted by Gasteiger charge is 2.04. The lowest BCUT2D eigenvalue weighted by Crippen LogP contribution is -2.45. The molecule has 4 N–H and O–H groups in total. The van der Waals surface area contributed by atoms with Crippen molar-refractivity contribution in [3.8, 4) is 0 Å². The van der Waals surface area contributed by atoms with Crippen LogP contribution in [-0.2, 0) is 0 Å². The molecule has 0 radical (unpaired) electrons. The molecule has 13 heavy (non-hydrogen) atoms. The molecule has 0 aromatic rings. The Kier molecular flexibility index (Phi) is 6.32. The zero-order valence-electron chi connectivity index (χ0n) is 9.09. The quantitative estimate of drug-likeness (QED) is 0.264. The Morgan fingerprint density at radius 3 is 2.31 bits per heavy atom. The molecular formula is C9H22N4. The second-order valence-electron chi connectivity index (χ2n) is 3.73. The van der Waals surface area contributed by atoms with Gasteiger partial charge in [0.2, 0.25) is 5.96 Å². The fourth-order valence-corrected chi connectivity index (χ4v) is 1.06. The van der Waals surface area contributed by atoms with Gasteiger partial charge in [0.1, 0.15) is 0 Å². The fourth-order valence-electron chi connectivity index (χ4n) is 1.06. The Labute approximate surface area is 81.0 Å². The minimum absolute atomic E-state index is 0.414. The lowest BCUT2D eigenvalue weighted by atomic mass is 10.0. The first-order valence-corrected chi connectivity index (χ1v) is 4.80. The van der Waals surface area contributed by atoms with Crippen molar-refractivity contribution in [1.82, 2.24) is 10.7 Å². The Bertz CT molecular complexity index is 154. The Morgan fingerprint density at radius 2 is 1.92 bits per heavy atom. The van der Waals surface area contributed by atoms with Crippen LogP contribution >= 0.6 is 0 Å². The maximum Gasteiger partial charge on any atom is 0.205 e. The predicted octanol–water partition coefficient (Wildman–Crippen LogP) is 0.850. The third kappa shape index (κ3) is 6.40. The number of nitrogens with two attached hydrogens (primary N) is 1. The van der Waals surface area contributed by atoms with Crippen LogP contribution in [0.4, 0.5) is 0 Å². The molecule has 1 unspecified atom stereocenters. The van der Waals surface area contributed by atoms with Crippen LogP contribution in [0.2, 0.25) is 0 Å². The molecule has 0 bridgehead atoms. The van der Waals surface area contributed by atoms with Gasteiger partial charge in [0.15, 0.2) is 0 Å². The number of rotatable bonds is 4. The maximum atomic E-state index is 5.24. The molecule has 0 aliphatic rings. The summed E-state index contributed by atoms with van der Waals surface area (Å²) in [7, 11) is 1.71. The van der Waals surface area contributed by atoms with Crippen LogP contribution in [-0.4, -0.2) is 19.0 Å². The van der Waals surface area contributed by atoms with Crippen molar-refractivity contribution >= 4 is 5.96 Å². The molecule has 0 fully saturated rings. The molecule has 0 aromatic carbocycles. The molecule has 0 aromatic heterocycles. The van der Waals surface area contributed by atoms with Crippen molar-refractivity contribution in [2.45, 2.75) is 39.7 Å². The highest BCUT2D eigenvalue weighted by molar-refractivity contribution is 5.79. The second kappa shape index (κ2) is 6.71. The van der Waals surface area contributed by atoms with Crippen LogP contribution in [0.3, 0.4) is 0 Å². The van der Waals surface area contributed by atoms with E-state index in [0.717, 1.165) is 12.3 Å². The fraction of sp³-hybridized carbons (Fsp3) is 0.889. The molecule has 0 heterocycles. The molecule has 1 atom stereocenters. The molecule has 0 saturated heterocycles. The Balaban J connectivity index is 3.66. The van der Waals surface area contributed by atoms with E-state index in [2.05, 4.69) is 36.5 Å². The molecule has 0 amide bonds. The van der Waals surface area contributed by atoms with Gasteiger partial charge >= 0.3 is 0 Å². The molecule has 78 valence electrons. The molecule has 4 heteroatoms. The first kappa shape index (κ1) is 12.2. The number of hydrogen-bond acceptors (Lipinski definition) is 2. The van der Waals surface area contributed by atoms with Crippen molar-refractivity contribution in [3.05, 3.63) is 0 Å². The summed E-state index contributed by atoms with van der Waals surface area (Å²) >= 11 is 0. The number of nitrogens with one attached hydrogen (secondary N) is 2. The number of nitrogens with zero attached hydrogens (tertiary/aromatic N) is 1. The SMILES string of the molecule is CN=C(NN)NC(C)CCC(C)C. The summed E-state index contributed by atoms with van der Waals surface area (Å²) in [5, 5.41) is 3.19. The van der Waals surface area contributed by atoms with Crippen molar-refractivity contribution in [3.63, 3.8) is 0 Å². The third-order valence-electron chi connectivity index (χ3n) is 1.92. The average molecular weight is 186 g/mol. The normalized spacial score (nSPS) is 14.5. The molecule has 0 aliphatic carbocycles. The van der Waals surface area contributed by atoms with Gasteiger partial charge in [-0.3, -0.25) is 10.4 Å². The van der Waals surface area contributed by atoms with E-state index in [1.165, 1.54) is 6.42 Å². The lowest BCUT2D eigenvalue weighted by Gasteiger charge is -2.16. The van der Waals surface area contributed by atoms with E-state index in [4.69, 9.17) is 5.84 Å². The van der Waals surface area contributed by atoms with Gasteiger partial charge in [0.25, 0.3) is 0 Å². The van der Waals surface area contributed by atoms with E-state index >= 15 is 0 Å².